The molecular formula is C10H18BrNO2. The second-order valence-corrected chi connectivity index (χ2v) is 5.10. The molecule has 1 heterocycles. The summed E-state index contributed by atoms with van der Waals surface area (Å²) in [5.74, 6) is 0.573. The third-order valence-electron chi connectivity index (χ3n) is 2.62. The molecule has 0 amide bonds. The molecule has 1 aliphatic rings. The summed E-state index contributed by atoms with van der Waals surface area (Å²) in [7, 11) is 1.43. The molecule has 0 spiro atoms. The third kappa shape index (κ3) is 3.58. The lowest BCUT2D eigenvalue weighted by Gasteiger charge is -2.31. The van der Waals surface area contributed by atoms with Crippen LogP contribution in [0.4, 0.5) is 0 Å². The number of esters is 1. The molecule has 0 saturated carbocycles. The zero-order valence-electron chi connectivity index (χ0n) is 8.83. The molecule has 4 heteroatoms. The number of hydrogen-bond acceptors (Lipinski definition) is 3. The van der Waals surface area contributed by atoms with E-state index in [2.05, 4.69) is 32.5 Å². The van der Waals surface area contributed by atoms with Crippen molar-refractivity contribution in [1.29, 1.82) is 0 Å². The van der Waals surface area contributed by atoms with Crippen LogP contribution in [0.1, 0.15) is 19.8 Å². The monoisotopic (exact) mass is 263 g/mol. The molecule has 0 bridgehead atoms. The summed E-state index contributed by atoms with van der Waals surface area (Å²) in [4.78, 5) is 13.3. The van der Waals surface area contributed by atoms with E-state index in [1.54, 1.807) is 0 Å². The second-order valence-electron chi connectivity index (χ2n) is 4.00. The van der Waals surface area contributed by atoms with Gasteiger partial charge in [-0.3, -0.25) is 4.79 Å². The van der Waals surface area contributed by atoms with E-state index in [0.29, 0.717) is 0 Å². The maximum absolute atomic E-state index is 11.2. The number of halogens is 1. The Morgan fingerprint density at radius 3 is 3.00 bits per heavy atom. The van der Waals surface area contributed by atoms with E-state index in [1.165, 1.54) is 20.0 Å². The van der Waals surface area contributed by atoms with Crippen LogP contribution in [0.5, 0.6) is 0 Å². The van der Waals surface area contributed by atoms with Gasteiger partial charge >= 0.3 is 5.97 Å². The zero-order chi connectivity index (χ0) is 10.6. The van der Waals surface area contributed by atoms with Crippen molar-refractivity contribution in [2.75, 3.05) is 26.7 Å². The number of methoxy groups -OCH3 is 1. The average molecular weight is 264 g/mol. The van der Waals surface area contributed by atoms with Crippen molar-refractivity contribution in [3.8, 4) is 0 Å². The van der Waals surface area contributed by atoms with Gasteiger partial charge in [0.1, 0.15) is 4.83 Å². The van der Waals surface area contributed by atoms with Crippen molar-refractivity contribution in [2.45, 2.75) is 24.6 Å². The summed E-state index contributed by atoms with van der Waals surface area (Å²) in [6, 6.07) is 0. The number of likely N-dealkylation sites (tertiary alicyclic amines) is 1. The Kier molecular flexibility index (Phi) is 4.89. The van der Waals surface area contributed by atoms with E-state index in [0.717, 1.165) is 25.6 Å². The fourth-order valence-electron chi connectivity index (χ4n) is 1.88. The highest BCUT2D eigenvalue weighted by molar-refractivity contribution is 9.10. The molecule has 1 rings (SSSR count). The highest BCUT2D eigenvalue weighted by atomic mass is 79.9. The summed E-state index contributed by atoms with van der Waals surface area (Å²) in [6.07, 6.45) is 2.55. The number of piperidine rings is 1. The Bertz CT molecular complexity index is 199. The van der Waals surface area contributed by atoms with Crippen LogP contribution in [0.3, 0.4) is 0 Å². The molecule has 1 fully saturated rings. The van der Waals surface area contributed by atoms with Crippen molar-refractivity contribution in [1.82, 2.24) is 4.90 Å². The van der Waals surface area contributed by atoms with E-state index in [1.807, 2.05) is 0 Å². The van der Waals surface area contributed by atoms with Gasteiger partial charge in [0.2, 0.25) is 0 Å². The highest BCUT2D eigenvalue weighted by Gasteiger charge is 2.22. The second kappa shape index (κ2) is 5.71. The smallest absolute Gasteiger partial charge is 0.320 e. The number of alkyl halides is 1. The first-order chi connectivity index (χ1) is 6.63. The van der Waals surface area contributed by atoms with Gasteiger partial charge < -0.3 is 9.64 Å². The molecule has 0 aromatic heterocycles. The molecule has 3 nitrogen and oxygen atoms in total. The van der Waals surface area contributed by atoms with Crippen LogP contribution < -0.4 is 0 Å². The molecule has 2 atom stereocenters. The lowest BCUT2D eigenvalue weighted by molar-refractivity contribution is -0.140. The highest BCUT2D eigenvalue weighted by Crippen LogP contribution is 2.17. The molecule has 2 unspecified atom stereocenters. The molecule has 0 radical (unpaired) electrons. The molecule has 1 aliphatic heterocycles. The summed E-state index contributed by atoms with van der Waals surface area (Å²) in [5, 5.41) is 0. The van der Waals surface area contributed by atoms with Crippen LogP contribution in [-0.2, 0) is 9.53 Å². The number of ether oxygens (including phenoxy) is 1. The molecule has 82 valence electrons. The normalized spacial score (nSPS) is 25.8. The number of rotatable bonds is 3. The Balaban J connectivity index is 2.32. The minimum Gasteiger partial charge on any atom is -0.468 e. The first kappa shape index (κ1) is 12.0. The Morgan fingerprint density at radius 2 is 2.43 bits per heavy atom. The SMILES string of the molecule is COC(=O)C(Br)CN1CCCC(C)C1. The van der Waals surface area contributed by atoms with Crippen LogP contribution >= 0.6 is 15.9 Å². The number of nitrogens with zero attached hydrogens (tertiary/aromatic N) is 1. The van der Waals surface area contributed by atoms with E-state index < -0.39 is 0 Å². The predicted molar refractivity (Wildman–Crippen MR) is 59.6 cm³/mol. The third-order valence-corrected chi connectivity index (χ3v) is 3.28. The quantitative estimate of drug-likeness (QED) is 0.573. The molecule has 1 saturated heterocycles. The average Bonchev–Trinajstić information content (AvgIpc) is 2.16. The minimum atomic E-state index is -0.183. The van der Waals surface area contributed by atoms with Gasteiger partial charge in [0.25, 0.3) is 0 Å². The van der Waals surface area contributed by atoms with Crippen molar-refractivity contribution in [2.24, 2.45) is 5.92 Å². The van der Waals surface area contributed by atoms with Crippen LogP contribution in [0.2, 0.25) is 0 Å². The van der Waals surface area contributed by atoms with E-state index >= 15 is 0 Å². The molecule has 0 aromatic rings. The fraction of sp³-hybridized carbons (Fsp3) is 0.900. The Labute approximate surface area is 93.9 Å². The van der Waals surface area contributed by atoms with Gasteiger partial charge in [-0.1, -0.05) is 22.9 Å². The molecule has 14 heavy (non-hydrogen) atoms. The summed E-state index contributed by atoms with van der Waals surface area (Å²) in [5.41, 5.74) is 0. The first-order valence-corrected chi connectivity index (χ1v) is 5.99. The van der Waals surface area contributed by atoms with Gasteiger partial charge in [-0.15, -0.1) is 0 Å². The fourth-order valence-corrected chi connectivity index (χ4v) is 2.48. The van der Waals surface area contributed by atoms with Crippen LogP contribution in [-0.4, -0.2) is 42.4 Å². The Hall–Kier alpha value is -0.0900. The number of hydrogen-bond donors (Lipinski definition) is 0. The molecular weight excluding hydrogens is 246 g/mol. The largest absolute Gasteiger partial charge is 0.468 e. The standard InChI is InChI=1S/C10H18BrNO2/c1-8-4-3-5-12(6-8)7-9(11)10(13)14-2/h8-9H,3-7H2,1-2H3. The van der Waals surface area contributed by atoms with Crippen molar-refractivity contribution in [3.05, 3.63) is 0 Å². The lowest BCUT2D eigenvalue weighted by Crippen LogP contribution is -2.40. The first-order valence-electron chi connectivity index (χ1n) is 5.07. The van der Waals surface area contributed by atoms with E-state index in [4.69, 9.17) is 0 Å². The topological polar surface area (TPSA) is 29.5 Å². The van der Waals surface area contributed by atoms with Crippen molar-refractivity contribution >= 4 is 21.9 Å². The van der Waals surface area contributed by atoms with Gasteiger partial charge in [-0.25, -0.2) is 0 Å². The minimum absolute atomic E-state index is 0.178. The molecule has 0 N–H and O–H groups in total. The van der Waals surface area contributed by atoms with Gasteiger partial charge in [0, 0.05) is 13.1 Å². The lowest BCUT2D eigenvalue weighted by atomic mass is 10.0. The van der Waals surface area contributed by atoms with Gasteiger partial charge in [-0.2, -0.15) is 0 Å². The maximum Gasteiger partial charge on any atom is 0.320 e. The maximum atomic E-state index is 11.2. The zero-order valence-corrected chi connectivity index (χ0v) is 10.4. The van der Waals surface area contributed by atoms with E-state index in [9.17, 15) is 4.79 Å². The van der Waals surface area contributed by atoms with E-state index in [-0.39, 0.29) is 10.8 Å². The van der Waals surface area contributed by atoms with Crippen molar-refractivity contribution in [3.63, 3.8) is 0 Å². The van der Waals surface area contributed by atoms with Crippen LogP contribution in [0, 0.1) is 5.92 Å². The predicted octanol–water partition coefficient (Wildman–Crippen LogP) is 1.65. The number of carbonyl (C=O) groups is 1. The Morgan fingerprint density at radius 1 is 1.71 bits per heavy atom. The summed E-state index contributed by atoms with van der Waals surface area (Å²) in [6.45, 7) is 5.22. The summed E-state index contributed by atoms with van der Waals surface area (Å²) >= 11 is 3.34. The van der Waals surface area contributed by atoms with Gasteiger partial charge in [0.15, 0.2) is 0 Å². The van der Waals surface area contributed by atoms with Crippen LogP contribution in [0.25, 0.3) is 0 Å². The van der Waals surface area contributed by atoms with Gasteiger partial charge in [0.05, 0.1) is 7.11 Å². The van der Waals surface area contributed by atoms with Crippen molar-refractivity contribution < 1.29 is 9.53 Å². The summed E-state index contributed by atoms with van der Waals surface area (Å²) < 4.78 is 4.67. The van der Waals surface area contributed by atoms with Crippen LogP contribution in [0.15, 0.2) is 0 Å². The van der Waals surface area contributed by atoms with Gasteiger partial charge in [-0.05, 0) is 25.3 Å². The molecule has 0 aliphatic carbocycles. The number of carbonyl (C=O) groups excluding carboxylic acids is 1. The molecule has 0 aromatic carbocycles.